The van der Waals surface area contributed by atoms with Gasteiger partial charge in [-0.25, -0.2) is 15.0 Å². The Kier molecular flexibility index (Phi) is 5.27. The average molecular weight is 358 g/mol. The maximum absolute atomic E-state index is 5.97. The van der Waals surface area contributed by atoms with Crippen molar-refractivity contribution in [2.45, 2.75) is 19.8 Å². The third-order valence-corrected chi connectivity index (χ3v) is 4.63. The second-order valence-electron chi connectivity index (χ2n) is 6.74. The number of rotatable bonds is 4. The third kappa shape index (κ3) is 4.42. The SMILES string of the molecule is Cc1ccc(C#Cc2nc3ncccc3nc2OCCN2CCCC2)cc1. The molecule has 5 nitrogen and oxygen atoms in total. The molecule has 5 heteroatoms. The first-order chi connectivity index (χ1) is 13.3. The molecule has 0 spiro atoms. The lowest BCUT2D eigenvalue weighted by atomic mass is 10.1. The molecule has 1 aliphatic heterocycles. The summed E-state index contributed by atoms with van der Waals surface area (Å²) in [5, 5.41) is 0. The van der Waals surface area contributed by atoms with E-state index in [2.05, 4.69) is 38.6 Å². The molecule has 0 bridgehead atoms. The fourth-order valence-corrected chi connectivity index (χ4v) is 3.11. The van der Waals surface area contributed by atoms with Gasteiger partial charge in [-0.2, -0.15) is 0 Å². The Morgan fingerprint density at radius 1 is 1.04 bits per heavy atom. The number of aryl methyl sites for hydroxylation is 1. The van der Waals surface area contributed by atoms with Gasteiger partial charge >= 0.3 is 0 Å². The number of hydrogen-bond donors (Lipinski definition) is 0. The first kappa shape index (κ1) is 17.4. The first-order valence-electron chi connectivity index (χ1n) is 9.34. The molecular formula is C22H22N4O. The monoisotopic (exact) mass is 358 g/mol. The van der Waals surface area contributed by atoms with E-state index in [0.717, 1.165) is 30.7 Å². The van der Waals surface area contributed by atoms with Crippen molar-refractivity contribution >= 4 is 11.2 Å². The molecular weight excluding hydrogens is 336 g/mol. The molecule has 0 N–H and O–H groups in total. The average Bonchev–Trinajstić information content (AvgIpc) is 3.21. The van der Waals surface area contributed by atoms with Crippen LogP contribution in [0.2, 0.25) is 0 Å². The molecule has 0 atom stereocenters. The summed E-state index contributed by atoms with van der Waals surface area (Å²) >= 11 is 0. The zero-order chi connectivity index (χ0) is 18.5. The summed E-state index contributed by atoms with van der Waals surface area (Å²) in [4.78, 5) is 15.9. The van der Waals surface area contributed by atoms with Gasteiger partial charge in [0.15, 0.2) is 11.3 Å². The maximum Gasteiger partial charge on any atom is 0.249 e. The summed E-state index contributed by atoms with van der Waals surface area (Å²) in [5.41, 5.74) is 3.98. The normalized spacial score (nSPS) is 14.1. The summed E-state index contributed by atoms with van der Waals surface area (Å²) in [6.45, 7) is 5.84. The summed E-state index contributed by atoms with van der Waals surface area (Å²) in [7, 11) is 0. The van der Waals surface area contributed by atoms with Gasteiger partial charge < -0.3 is 4.74 Å². The largest absolute Gasteiger partial charge is 0.474 e. The Labute approximate surface area is 159 Å². The van der Waals surface area contributed by atoms with Gasteiger partial charge in [-0.1, -0.05) is 23.6 Å². The number of benzene rings is 1. The molecule has 0 saturated carbocycles. The van der Waals surface area contributed by atoms with Crippen molar-refractivity contribution in [2.75, 3.05) is 26.2 Å². The van der Waals surface area contributed by atoms with E-state index >= 15 is 0 Å². The zero-order valence-electron chi connectivity index (χ0n) is 15.5. The van der Waals surface area contributed by atoms with Crippen LogP contribution in [0.25, 0.3) is 11.2 Å². The highest BCUT2D eigenvalue weighted by Crippen LogP contribution is 2.17. The second-order valence-corrected chi connectivity index (χ2v) is 6.74. The van der Waals surface area contributed by atoms with Crippen LogP contribution in [0.3, 0.4) is 0 Å². The second kappa shape index (κ2) is 8.15. The van der Waals surface area contributed by atoms with E-state index in [1.165, 1.54) is 18.4 Å². The van der Waals surface area contributed by atoms with Gasteiger partial charge in [-0.15, -0.1) is 0 Å². The Hall–Kier alpha value is -2.97. The van der Waals surface area contributed by atoms with Gasteiger partial charge in [0.2, 0.25) is 5.88 Å². The molecule has 27 heavy (non-hydrogen) atoms. The first-order valence-corrected chi connectivity index (χ1v) is 9.34. The molecule has 1 saturated heterocycles. The standard InChI is InChI=1S/C22H22N4O/c1-17-6-8-18(9-7-17)10-11-20-22(27-16-15-26-13-2-3-14-26)25-19-5-4-12-23-21(19)24-20/h4-9,12H,2-3,13-16H2,1H3. The summed E-state index contributed by atoms with van der Waals surface area (Å²) in [6.07, 6.45) is 4.26. The molecule has 0 radical (unpaired) electrons. The highest BCUT2D eigenvalue weighted by molar-refractivity contribution is 5.71. The van der Waals surface area contributed by atoms with Crippen LogP contribution in [0.5, 0.6) is 5.88 Å². The topological polar surface area (TPSA) is 51.1 Å². The fraction of sp³-hybridized carbons (Fsp3) is 0.318. The molecule has 0 amide bonds. The van der Waals surface area contributed by atoms with Gasteiger partial charge in [-0.3, -0.25) is 4.90 Å². The van der Waals surface area contributed by atoms with Crippen LogP contribution in [0, 0.1) is 18.8 Å². The van der Waals surface area contributed by atoms with Crippen molar-refractivity contribution in [1.29, 1.82) is 0 Å². The Morgan fingerprint density at radius 3 is 2.67 bits per heavy atom. The smallest absolute Gasteiger partial charge is 0.249 e. The predicted octanol–water partition coefficient (Wildman–Crippen LogP) is 3.21. The van der Waals surface area contributed by atoms with E-state index in [4.69, 9.17) is 4.74 Å². The van der Waals surface area contributed by atoms with Crippen molar-refractivity contribution in [2.24, 2.45) is 0 Å². The van der Waals surface area contributed by atoms with Crippen LogP contribution < -0.4 is 4.74 Å². The number of nitrogens with zero attached hydrogens (tertiary/aromatic N) is 4. The van der Waals surface area contributed by atoms with Crippen molar-refractivity contribution in [3.8, 4) is 17.7 Å². The molecule has 0 aliphatic carbocycles. The van der Waals surface area contributed by atoms with E-state index in [1.54, 1.807) is 6.20 Å². The number of aromatic nitrogens is 3. The van der Waals surface area contributed by atoms with Crippen LogP contribution in [-0.2, 0) is 0 Å². The van der Waals surface area contributed by atoms with Crippen molar-refractivity contribution < 1.29 is 4.74 Å². The number of pyridine rings is 1. The Morgan fingerprint density at radius 2 is 1.85 bits per heavy atom. The highest BCUT2D eigenvalue weighted by atomic mass is 16.5. The van der Waals surface area contributed by atoms with Gasteiger partial charge in [0.25, 0.3) is 0 Å². The van der Waals surface area contributed by atoms with Crippen LogP contribution in [0.15, 0.2) is 42.6 Å². The van der Waals surface area contributed by atoms with E-state index in [9.17, 15) is 0 Å². The van der Waals surface area contributed by atoms with E-state index in [1.807, 2.05) is 36.4 Å². The van der Waals surface area contributed by atoms with E-state index in [-0.39, 0.29) is 0 Å². The van der Waals surface area contributed by atoms with Gasteiger partial charge in [-0.05, 0) is 63.0 Å². The fourth-order valence-electron chi connectivity index (χ4n) is 3.11. The van der Waals surface area contributed by atoms with Crippen molar-refractivity contribution in [1.82, 2.24) is 19.9 Å². The van der Waals surface area contributed by atoms with E-state index in [0.29, 0.717) is 23.8 Å². The summed E-state index contributed by atoms with van der Waals surface area (Å²) in [5.74, 6) is 6.75. The lowest BCUT2D eigenvalue weighted by Crippen LogP contribution is -2.25. The molecule has 136 valence electrons. The lowest BCUT2D eigenvalue weighted by Gasteiger charge is -2.15. The minimum Gasteiger partial charge on any atom is -0.474 e. The molecule has 3 heterocycles. The zero-order valence-corrected chi connectivity index (χ0v) is 15.5. The van der Waals surface area contributed by atoms with Gasteiger partial charge in [0.1, 0.15) is 12.1 Å². The molecule has 1 aromatic carbocycles. The van der Waals surface area contributed by atoms with Crippen LogP contribution in [0.4, 0.5) is 0 Å². The highest BCUT2D eigenvalue weighted by Gasteiger charge is 2.13. The van der Waals surface area contributed by atoms with Crippen LogP contribution >= 0.6 is 0 Å². The quantitative estimate of drug-likeness (QED) is 0.671. The van der Waals surface area contributed by atoms with Gasteiger partial charge in [0.05, 0.1) is 0 Å². The lowest BCUT2D eigenvalue weighted by molar-refractivity contribution is 0.231. The number of fused-ring (bicyclic) bond motifs is 1. The number of ether oxygens (including phenoxy) is 1. The molecule has 4 rings (SSSR count). The number of hydrogen-bond acceptors (Lipinski definition) is 5. The molecule has 2 aromatic heterocycles. The molecule has 0 unspecified atom stereocenters. The van der Waals surface area contributed by atoms with E-state index < -0.39 is 0 Å². The summed E-state index contributed by atoms with van der Waals surface area (Å²) in [6, 6.07) is 11.8. The van der Waals surface area contributed by atoms with Crippen LogP contribution in [-0.4, -0.2) is 46.1 Å². The summed E-state index contributed by atoms with van der Waals surface area (Å²) < 4.78 is 5.97. The predicted molar refractivity (Wildman–Crippen MR) is 106 cm³/mol. The maximum atomic E-state index is 5.97. The minimum absolute atomic E-state index is 0.481. The third-order valence-electron chi connectivity index (χ3n) is 4.63. The minimum atomic E-state index is 0.481. The molecule has 3 aromatic rings. The number of likely N-dealkylation sites (tertiary alicyclic amines) is 1. The Balaban J connectivity index is 1.59. The van der Waals surface area contributed by atoms with Crippen molar-refractivity contribution in [3.63, 3.8) is 0 Å². The molecule has 1 aliphatic rings. The Bertz CT molecular complexity index is 983. The van der Waals surface area contributed by atoms with Gasteiger partial charge in [0, 0.05) is 18.3 Å². The van der Waals surface area contributed by atoms with Crippen LogP contribution in [0.1, 0.15) is 29.7 Å². The van der Waals surface area contributed by atoms with Crippen molar-refractivity contribution in [3.05, 3.63) is 59.4 Å². The molecule has 1 fully saturated rings.